The van der Waals surface area contributed by atoms with Crippen molar-refractivity contribution in [1.82, 2.24) is 0 Å². The Balaban J connectivity index is 2.20. The van der Waals surface area contributed by atoms with Gasteiger partial charge in [0.05, 0.1) is 11.7 Å². The van der Waals surface area contributed by atoms with Crippen LogP contribution < -0.4 is 0 Å². The predicted octanol–water partition coefficient (Wildman–Crippen LogP) is 4.85. The zero-order valence-electron chi connectivity index (χ0n) is 12.6. The first-order valence-corrected chi connectivity index (χ1v) is 8.04. The molecular formula is C18H20O2S. The lowest BCUT2D eigenvalue weighted by Crippen LogP contribution is -2.13. The van der Waals surface area contributed by atoms with E-state index in [2.05, 4.69) is 12.1 Å². The summed E-state index contributed by atoms with van der Waals surface area (Å²) in [6.45, 7) is 5.76. The molecule has 0 radical (unpaired) electrons. The zero-order chi connectivity index (χ0) is 15.2. The van der Waals surface area contributed by atoms with Crippen LogP contribution in [0.25, 0.3) is 0 Å². The predicted molar refractivity (Wildman–Crippen MR) is 87.7 cm³/mol. The summed E-state index contributed by atoms with van der Waals surface area (Å²) in [5, 5.41) is 0. The lowest BCUT2D eigenvalue weighted by atomic mass is 10.1. The molecule has 0 spiro atoms. The first kappa shape index (κ1) is 15.6. The van der Waals surface area contributed by atoms with E-state index in [0.717, 1.165) is 16.2 Å². The number of carbonyl (C=O) groups is 1. The summed E-state index contributed by atoms with van der Waals surface area (Å²) in [4.78, 5) is 13.2. The first-order chi connectivity index (χ1) is 10.1. The van der Waals surface area contributed by atoms with Gasteiger partial charge in [-0.25, -0.2) is 4.79 Å². The van der Waals surface area contributed by atoms with Crippen molar-refractivity contribution in [3.63, 3.8) is 0 Å². The van der Waals surface area contributed by atoms with Crippen molar-refractivity contribution in [1.29, 1.82) is 0 Å². The highest BCUT2D eigenvalue weighted by molar-refractivity contribution is 7.98. The Kier molecular flexibility index (Phi) is 5.45. The summed E-state index contributed by atoms with van der Waals surface area (Å²) in [7, 11) is 0. The van der Waals surface area contributed by atoms with E-state index in [9.17, 15) is 4.79 Å². The van der Waals surface area contributed by atoms with Crippen LogP contribution in [0, 0.1) is 6.92 Å². The van der Waals surface area contributed by atoms with Crippen LogP contribution in [0.5, 0.6) is 0 Å². The molecule has 2 aromatic rings. The smallest absolute Gasteiger partial charge is 0.339 e. The van der Waals surface area contributed by atoms with Crippen molar-refractivity contribution in [2.75, 3.05) is 0 Å². The normalized spacial score (nSPS) is 10.7. The molecule has 21 heavy (non-hydrogen) atoms. The Morgan fingerprint density at radius 3 is 2.48 bits per heavy atom. The fourth-order valence-corrected chi connectivity index (χ4v) is 3.12. The van der Waals surface area contributed by atoms with Crippen molar-refractivity contribution >= 4 is 17.7 Å². The summed E-state index contributed by atoms with van der Waals surface area (Å²) in [5.41, 5.74) is 3.01. The standard InChI is InChI=1S/C18H20O2S/c1-13(2)20-18(19)16-11-7-8-14(3)17(16)21-12-15-9-5-4-6-10-15/h4-11,13H,12H2,1-3H3. The molecule has 0 aliphatic heterocycles. The number of benzene rings is 2. The maximum absolute atomic E-state index is 12.2. The molecule has 2 rings (SSSR count). The summed E-state index contributed by atoms with van der Waals surface area (Å²) >= 11 is 1.68. The highest BCUT2D eigenvalue weighted by Gasteiger charge is 2.16. The summed E-state index contributed by atoms with van der Waals surface area (Å²) in [6.07, 6.45) is -0.106. The van der Waals surface area contributed by atoms with Crippen LogP contribution in [-0.4, -0.2) is 12.1 Å². The molecule has 0 saturated carbocycles. The zero-order valence-corrected chi connectivity index (χ0v) is 13.4. The number of aryl methyl sites for hydroxylation is 1. The molecule has 2 nitrogen and oxygen atoms in total. The second-order valence-electron chi connectivity index (χ2n) is 5.18. The molecule has 0 heterocycles. The van der Waals surface area contributed by atoms with Crippen LogP contribution in [-0.2, 0) is 10.5 Å². The summed E-state index contributed by atoms with van der Waals surface area (Å²) in [6, 6.07) is 16.0. The van der Waals surface area contributed by atoms with Crippen molar-refractivity contribution in [2.45, 2.75) is 37.5 Å². The molecule has 0 amide bonds. The summed E-state index contributed by atoms with van der Waals surface area (Å²) < 4.78 is 5.33. The average molecular weight is 300 g/mol. The van der Waals surface area contributed by atoms with Gasteiger partial charge in [0.25, 0.3) is 0 Å². The van der Waals surface area contributed by atoms with Gasteiger partial charge in [-0.05, 0) is 38.0 Å². The van der Waals surface area contributed by atoms with Gasteiger partial charge in [0, 0.05) is 10.6 Å². The first-order valence-electron chi connectivity index (χ1n) is 7.05. The van der Waals surface area contributed by atoms with Crippen molar-refractivity contribution in [3.8, 4) is 0 Å². The van der Waals surface area contributed by atoms with E-state index >= 15 is 0 Å². The van der Waals surface area contributed by atoms with E-state index in [1.54, 1.807) is 11.8 Å². The molecule has 0 aromatic heterocycles. The van der Waals surface area contributed by atoms with Gasteiger partial charge in [0.2, 0.25) is 0 Å². The van der Waals surface area contributed by atoms with Gasteiger partial charge in [0.1, 0.15) is 0 Å². The number of hydrogen-bond donors (Lipinski definition) is 0. The minimum absolute atomic E-state index is 0.106. The largest absolute Gasteiger partial charge is 0.459 e. The van der Waals surface area contributed by atoms with Crippen molar-refractivity contribution in [2.24, 2.45) is 0 Å². The minimum atomic E-state index is -0.246. The van der Waals surface area contributed by atoms with Gasteiger partial charge in [-0.3, -0.25) is 0 Å². The fraction of sp³-hybridized carbons (Fsp3) is 0.278. The number of esters is 1. The molecular weight excluding hydrogens is 280 g/mol. The molecule has 0 aliphatic carbocycles. The topological polar surface area (TPSA) is 26.3 Å². The van der Waals surface area contributed by atoms with Crippen LogP contribution in [0.15, 0.2) is 53.4 Å². The quantitative estimate of drug-likeness (QED) is 0.583. The molecule has 0 saturated heterocycles. The maximum Gasteiger partial charge on any atom is 0.339 e. The molecule has 0 aliphatic rings. The molecule has 0 fully saturated rings. The Hall–Kier alpha value is -1.74. The van der Waals surface area contributed by atoms with Crippen LogP contribution in [0.2, 0.25) is 0 Å². The lowest BCUT2D eigenvalue weighted by Gasteiger charge is -2.13. The Labute approximate surface area is 130 Å². The molecule has 2 aromatic carbocycles. The summed E-state index contributed by atoms with van der Waals surface area (Å²) in [5.74, 6) is 0.595. The van der Waals surface area contributed by atoms with Crippen molar-refractivity contribution < 1.29 is 9.53 Å². The number of hydrogen-bond acceptors (Lipinski definition) is 3. The fourth-order valence-electron chi connectivity index (χ4n) is 2.01. The molecule has 0 bridgehead atoms. The van der Waals surface area contributed by atoms with Gasteiger partial charge < -0.3 is 4.74 Å². The molecule has 0 atom stereocenters. The molecule has 3 heteroatoms. The van der Waals surface area contributed by atoms with Crippen LogP contribution in [0.1, 0.15) is 35.3 Å². The van der Waals surface area contributed by atoms with Gasteiger partial charge in [-0.1, -0.05) is 42.5 Å². The van der Waals surface area contributed by atoms with Gasteiger partial charge in [-0.2, -0.15) is 0 Å². The second kappa shape index (κ2) is 7.32. The number of ether oxygens (including phenoxy) is 1. The molecule has 0 N–H and O–H groups in total. The van der Waals surface area contributed by atoms with Gasteiger partial charge >= 0.3 is 5.97 Å². The highest BCUT2D eigenvalue weighted by atomic mass is 32.2. The van der Waals surface area contributed by atoms with E-state index in [1.165, 1.54) is 5.56 Å². The third kappa shape index (κ3) is 4.36. The van der Waals surface area contributed by atoms with Gasteiger partial charge in [0.15, 0.2) is 0 Å². The minimum Gasteiger partial charge on any atom is -0.459 e. The van der Waals surface area contributed by atoms with E-state index in [-0.39, 0.29) is 12.1 Å². The monoisotopic (exact) mass is 300 g/mol. The molecule has 0 unspecified atom stereocenters. The SMILES string of the molecule is Cc1cccc(C(=O)OC(C)C)c1SCc1ccccc1. The Morgan fingerprint density at radius 1 is 1.10 bits per heavy atom. The van der Waals surface area contributed by atoms with Crippen molar-refractivity contribution in [3.05, 3.63) is 65.2 Å². The van der Waals surface area contributed by atoms with Gasteiger partial charge in [-0.15, -0.1) is 11.8 Å². The van der Waals surface area contributed by atoms with E-state index in [4.69, 9.17) is 4.74 Å². The lowest BCUT2D eigenvalue weighted by molar-refractivity contribution is 0.0373. The number of carbonyl (C=O) groups excluding carboxylic acids is 1. The van der Waals surface area contributed by atoms with Crippen LogP contribution in [0.3, 0.4) is 0 Å². The third-order valence-corrected chi connectivity index (χ3v) is 4.31. The Morgan fingerprint density at radius 2 is 1.81 bits per heavy atom. The van der Waals surface area contributed by atoms with Crippen LogP contribution >= 0.6 is 11.8 Å². The average Bonchev–Trinajstić information content (AvgIpc) is 2.46. The maximum atomic E-state index is 12.2. The highest BCUT2D eigenvalue weighted by Crippen LogP contribution is 2.30. The van der Waals surface area contributed by atoms with E-state index in [0.29, 0.717) is 5.56 Å². The number of rotatable bonds is 5. The van der Waals surface area contributed by atoms with E-state index in [1.807, 2.05) is 57.2 Å². The van der Waals surface area contributed by atoms with Crippen LogP contribution in [0.4, 0.5) is 0 Å². The number of thioether (sulfide) groups is 1. The molecule has 110 valence electrons. The Bertz CT molecular complexity index is 606. The third-order valence-electron chi connectivity index (χ3n) is 3.00. The van der Waals surface area contributed by atoms with E-state index < -0.39 is 0 Å². The second-order valence-corrected chi connectivity index (χ2v) is 6.17.